The van der Waals surface area contributed by atoms with E-state index in [-0.39, 0.29) is 11.2 Å². The van der Waals surface area contributed by atoms with Crippen LogP contribution in [-0.2, 0) is 13.5 Å². The maximum Gasteiger partial charge on any atom is 0.337 e. The molecule has 0 saturated carbocycles. The first-order chi connectivity index (χ1) is 19.0. The third-order valence-corrected chi connectivity index (χ3v) is 7.32. The molecule has 0 aliphatic heterocycles. The summed E-state index contributed by atoms with van der Waals surface area (Å²) < 4.78 is 7.04. The van der Waals surface area contributed by atoms with Crippen molar-refractivity contribution in [3.8, 4) is 11.4 Å². The van der Waals surface area contributed by atoms with Crippen LogP contribution in [0.2, 0.25) is 0 Å². The highest BCUT2D eigenvalue weighted by atomic mass is 16.2. The lowest BCUT2D eigenvalue weighted by molar-refractivity contribution is 0.742. The van der Waals surface area contributed by atoms with Gasteiger partial charge in [-0.3, -0.25) is 18.3 Å². The number of aromatic nitrogens is 6. The van der Waals surface area contributed by atoms with Crippen LogP contribution in [0.25, 0.3) is 39.2 Å². The summed E-state index contributed by atoms with van der Waals surface area (Å²) in [6.45, 7) is 2.03. The van der Waals surface area contributed by atoms with Crippen molar-refractivity contribution in [2.24, 2.45) is 7.05 Å². The van der Waals surface area contributed by atoms with Gasteiger partial charge in [-0.15, -0.1) is 0 Å². The molecule has 0 aliphatic carbocycles. The molecule has 0 aliphatic rings. The quantitative estimate of drug-likeness (QED) is 0.346. The van der Waals surface area contributed by atoms with Crippen LogP contribution < -0.4 is 11.2 Å². The summed E-state index contributed by atoms with van der Waals surface area (Å²) in [4.78, 5) is 35.2. The van der Waals surface area contributed by atoms with Crippen molar-refractivity contribution < 1.29 is 0 Å². The van der Waals surface area contributed by atoms with Crippen molar-refractivity contribution in [3.05, 3.63) is 135 Å². The molecule has 0 saturated heterocycles. The van der Waals surface area contributed by atoms with Crippen LogP contribution >= 0.6 is 0 Å². The van der Waals surface area contributed by atoms with Crippen molar-refractivity contribution in [1.82, 2.24) is 28.1 Å². The summed E-state index contributed by atoms with van der Waals surface area (Å²) in [5.74, 6) is 0. The van der Waals surface area contributed by atoms with Gasteiger partial charge < -0.3 is 0 Å². The van der Waals surface area contributed by atoms with E-state index >= 15 is 0 Å². The molecule has 0 bridgehead atoms. The molecular formula is C31H24N6O2. The van der Waals surface area contributed by atoms with Crippen molar-refractivity contribution >= 4 is 27.8 Å². The zero-order valence-electron chi connectivity index (χ0n) is 21.4. The number of nitrogens with zero attached hydrogens (tertiary/aromatic N) is 6. The first-order valence-electron chi connectivity index (χ1n) is 12.7. The molecule has 8 nitrogen and oxygen atoms in total. The molecule has 8 heteroatoms. The summed E-state index contributed by atoms with van der Waals surface area (Å²) in [6, 6.07) is 28.8. The summed E-state index contributed by atoms with van der Waals surface area (Å²) in [5, 5.41) is 0. The van der Waals surface area contributed by atoms with Crippen LogP contribution in [0.1, 0.15) is 16.8 Å². The first-order valence-corrected chi connectivity index (χ1v) is 12.7. The highest BCUT2D eigenvalue weighted by Crippen LogP contribution is 2.33. The molecule has 0 fully saturated rings. The molecule has 0 radical (unpaired) electrons. The molecule has 0 atom stereocenters. The van der Waals surface area contributed by atoms with Crippen LogP contribution in [0, 0.1) is 6.92 Å². The van der Waals surface area contributed by atoms with E-state index < -0.39 is 11.2 Å². The maximum absolute atomic E-state index is 13.6. The van der Waals surface area contributed by atoms with Crippen molar-refractivity contribution in [1.29, 1.82) is 0 Å². The highest BCUT2D eigenvalue weighted by Gasteiger charge is 2.22. The fourth-order valence-electron chi connectivity index (χ4n) is 5.53. The zero-order valence-corrected chi connectivity index (χ0v) is 21.4. The van der Waals surface area contributed by atoms with E-state index in [9.17, 15) is 9.59 Å². The Kier molecular flexibility index (Phi) is 5.09. The number of rotatable bonds is 4. The van der Waals surface area contributed by atoms with E-state index in [1.54, 1.807) is 0 Å². The van der Waals surface area contributed by atoms with E-state index in [1.807, 2.05) is 43.3 Å². The SMILES string of the molecule is Cc1cccc(-n2c(=O)n(C)c(=O)c3nccnc32)c1-n1c2ccccc2n2c(Cc3ccccc3)ccc12. The lowest BCUT2D eigenvalue weighted by Crippen LogP contribution is -2.38. The number of para-hydroxylation sites is 3. The molecule has 0 N–H and O–H groups in total. The lowest BCUT2D eigenvalue weighted by Gasteiger charge is -2.18. The Balaban J connectivity index is 1.58. The molecule has 39 heavy (non-hydrogen) atoms. The zero-order chi connectivity index (χ0) is 26.7. The Hall–Kier alpha value is -5.24. The highest BCUT2D eigenvalue weighted by molar-refractivity contribution is 5.87. The number of benzene rings is 3. The minimum absolute atomic E-state index is 0.141. The maximum atomic E-state index is 13.6. The van der Waals surface area contributed by atoms with Gasteiger partial charge >= 0.3 is 5.69 Å². The number of fused-ring (bicyclic) bond motifs is 4. The predicted octanol–water partition coefficient (Wildman–Crippen LogP) is 4.58. The third kappa shape index (κ3) is 3.38. The van der Waals surface area contributed by atoms with E-state index in [4.69, 9.17) is 0 Å². The Morgan fingerprint density at radius 3 is 2.31 bits per heavy atom. The number of aryl methyl sites for hydroxylation is 1. The van der Waals surface area contributed by atoms with E-state index in [0.29, 0.717) is 5.69 Å². The van der Waals surface area contributed by atoms with Crippen LogP contribution in [0.5, 0.6) is 0 Å². The Bertz CT molecular complexity index is 2170. The van der Waals surface area contributed by atoms with Gasteiger partial charge in [-0.25, -0.2) is 19.3 Å². The Morgan fingerprint density at radius 2 is 1.49 bits per heavy atom. The van der Waals surface area contributed by atoms with Gasteiger partial charge in [-0.1, -0.05) is 54.6 Å². The van der Waals surface area contributed by atoms with Crippen molar-refractivity contribution in [3.63, 3.8) is 0 Å². The number of imidazole rings is 1. The molecule has 4 heterocycles. The van der Waals surface area contributed by atoms with Crippen LogP contribution in [0.15, 0.2) is 107 Å². The smallest absolute Gasteiger partial charge is 0.297 e. The largest absolute Gasteiger partial charge is 0.337 e. The molecule has 190 valence electrons. The first kappa shape index (κ1) is 22.9. The van der Waals surface area contributed by atoms with Gasteiger partial charge in [0.1, 0.15) is 5.65 Å². The molecule has 0 unspecified atom stereocenters. The van der Waals surface area contributed by atoms with Gasteiger partial charge in [-0.2, -0.15) is 0 Å². The van der Waals surface area contributed by atoms with Crippen LogP contribution in [-0.4, -0.2) is 28.1 Å². The molecule has 4 aromatic heterocycles. The fourth-order valence-corrected chi connectivity index (χ4v) is 5.53. The van der Waals surface area contributed by atoms with Crippen LogP contribution in [0.3, 0.4) is 0 Å². The molecular weight excluding hydrogens is 488 g/mol. The predicted molar refractivity (Wildman–Crippen MR) is 152 cm³/mol. The topological polar surface area (TPSA) is 79.1 Å². The van der Waals surface area contributed by atoms with Crippen molar-refractivity contribution in [2.75, 3.05) is 0 Å². The molecule has 7 aromatic rings. The molecule has 0 spiro atoms. The second kappa shape index (κ2) is 8.66. The van der Waals surface area contributed by atoms with Gasteiger partial charge in [0.15, 0.2) is 11.2 Å². The lowest BCUT2D eigenvalue weighted by atomic mass is 10.1. The average Bonchev–Trinajstić information content (AvgIpc) is 3.51. The third-order valence-electron chi connectivity index (χ3n) is 7.32. The minimum Gasteiger partial charge on any atom is -0.297 e. The van der Waals surface area contributed by atoms with Crippen molar-refractivity contribution in [2.45, 2.75) is 13.3 Å². The van der Waals surface area contributed by atoms with E-state index in [2.05, 4.69) is 67.5 Å². The van der Waals surface area contributed by atoms with Gasteiger partial charge in [0.05, 0.1) is 22.4 Å². The Labute approximate surface area is 222 Å². The summed E-state index contributed by atoms with van der Waals surface area (Å²) in [6.07, 6.45) is 3.75. The summed E-state index contributed by atoms with van der Waals surface area (Å²) in [5.41, 5.74) is 7.28. The van der Waals surface area contributed by atoms with Gasteiger partial charge in [0, 0.05) is 31.6 Å². The second-order valence-corrected chi connectivity index (χ2v) is 9.66. The monoisotopic (exact) mass is 512 g/mol. The average molecular weight is 513 g/mol. The summed E-state index contributed by atoms with van der Waals surface area (Å²) >= 11 is 0. The normalized spacial score (nSPS) is 11.6. The molecule has 0 amide bonds. The number of hydrogen-bond acceptors (Lipinski definition) is 4. The minimum atomic E-state index is -0.479. The fraction of sp³-hybridized carbons (Fsp3) is 0.0968. The van der Waals surface area contributed by atoms with Gasteiger partial charge in [-0.05, 0) is 48.4 Å². The Morgan fingerprint density at radius 1 is 0.744 bits per heavy atom. The van der Waals surface area contributed by atoms with Crippen LogP contribution in [0.4, 0.5) is 0 Å². The van der Waals surface area contributed by atoms with E-state index in [0.717, 1.165) is 44.6 Å². The standard InChI is InChI=1S/C31H24N6O2/c1-20-9-8-14-25(37-29-27(32-17-18-33-29)30(38)34(2)31(37)39)28(20)36-24-13-7-6-12-23(24)35-22(15-16-26(35)36)19-21-10-4-3-5-11-21/h3-18H,19H2,1-2H3. The molecule has 3 aromatic carbocycles. The van der Waals surface area contributed by atoms with Gasteiger partial charge in [0.2, 0.25) is 0 Å². The number of hydrogen-bond donors (Lipinski definition) is 0. The summed E-state index contributed by atoms with van der Waals surface area (Å²) in [7, 11) is 1.47. The van der Waals surface area contributed by atoms with Gasteiger partial charge in [0.25, 0.3) is 5.56 Å². The second-order valence-electron chi connectivity index (χ2n) is 9.66. The molecule has 7 rings (SSSR count). The van der Waals surface area contributed by atoms with E-state index in [1.165, 1.54) is 29.6 Å².